The Labute approximate surface area is 169 Å². The van der Waals surface area contributed by atoms with Gasteiger partial charge >= 0.3 is 0 Å². The van der Waals surface area contributed by atoms with Crippen molar-refractivity contribution in [2.75, 3.05) is 26.2 Å². The molecule has 2 aromatic rings. The molecule has 4 rings (SSSR count). The number of rotatable bonds is 6. The maximum Gasteiger partial charge on any atom is 0.167 e. The van der Waals surface area contributed by atoms with E-state index in [4.69, 9.17) is 4.74 Å². The minimum absolute atomic E-state index is 0.0168. The topological polar surface area (TPSA) is 74.2 Å². The van der Waals surface area contributed by atoms with Crippen molar-refractivity contribution in [3.8, 4) is 17.2 Å². The lowest BCUT2D eigenvalue weighted by Crippen LogP contribution is -2.40. The molecule has 1 aliphatic heterocycles. The van der Waals surface area contributed by atoms with Gasteiger partial charge in [-0.05, 0) is 47.4 Å². The van der Waals surface area contributed by atoms with Crippen LogP contribution in [0.1, 0.15) is 27.9 Å². The molecule has 2 N–H and O–H groups in total. The second kappa shape index (κ2) is 8.83. The normalized spacial score (nSPS) is 19.6. The highest BCUT2D eigenvalue weighted by molar-refractivity contribution is 6.07. The summed E-state index contributed by atoms with van der Waals surface area (Å²) >= 11 is 0. The highest BCUT2D eigenvalue weighted by Crippen LogP contribution is 2.30. The number of hydrogen-bond acceptors (Lipinski definition) is 5. The SMILES string of the molecule is N#C[C@H](Cc1ccc(-c2ccc3c(c2)CC3=O)cc1F)NCC1CNCCCO1. The van der Waals surface area contributed by atoms with Crippen LogP contribution in [0.3, 0.4) is 0 Å². The van der Waals surface area contributed by atoms with Crippen molar-refractivity contribution < 1.29 is 13.9 Å². The summed E-state index contributed by atoms with van der Waals surface area (Å²) in [6.07, 6.45) is 1.75. The molecule has 1 heterocycles. The van der Waals surface area contributed by atoms with Crippen LogP contribution in [0.4, 0.5) is 4.39 Å². The molecule has 1 fully saturated rings. The number of fused-ring (bicyclic) bond motifs is 1. The predicted octanol–water partition coefficient (Wildman–Crippen LogP) is 2.63. The zero-order valence-electron chi connectivity index (χ0n) is 16.2. The molecule has 1 saturated heterocycles. The third-order valence-corrected chi connectivity index (χ3v) is 5.54. The third-order valence-electron chi connectivity index (χ3n) is 5.54. The summed E-state index contributed by atoms with van der Waals surface area (Å²) in [7, 11) is 0. The lowest BCUT2D eigenvalue weighted by Gasteiger charge is -2.19. The molecule has 2 aliphatic rings. The summed E-state index contributed by atoms with van der Waals surface area (Å²) in [5.74, 6) is -0.163. The largest absolute Gasteiger partial charge is 0.376 e. The number of benzene rings is 2. The predicted molar refractivity (Wildman–Crippen MR) is 108 cm³/mol. The molecule has 2 aromatic carbocycles. The number of Topliss-reactive ketones (excluding diaryl/α,β-unsaturated/α-hetero) is 1. The van der Waals surface area contributed by atoms with Crippen LogP contribution >= 0.6 is 0 Å². The van der Waals surface area contributed by atoms with Gasteiger partial charge in [0.2, 0.25) is 0 Å². The quantitative estimate of drug-likeness (QED) is 0.789. The van der Waals surface area contributed by atoms with E-state index < -0.39 is 6.04 Å². The van der Waals surface area contributed by atoms with E-state index in [0.29, 0.717) is 31.6 Å². The smallest absolute Gasteiger partial charge is 0.167 e. The Balaban J connectivity index is 1.40. The van der Waals surface area contributed by atoms with Gasteiger partial charge in [0, 0.05) is 38.1 Å². The van der Waals surface area contributed by atoms with Crippen LogP contribution in [0.5, 0.6) is 0 Å². The number of nitriles is 1. The molecule has 0 saturated carbocycles. The van der Waals surface area contributed by atoms with E-state index in [1.54, 1.807) is 6.07 Å². The van der Waals surface area contributed by atoms with Crippen LogP contribution in [0.2, 0.25) is 0 Å². The highest BCUT2D eigenvalue weighted by atomic mass is 19.1. The maximum absolute atomic E-state index is 14.7. The summed E-state index contributed by atoms with van der Waals surface area (Å²) in [4.78, 5) is 11.5. The molecule has 0 aromatic heterocycles. The molecular formula is C23H24FN3O2. The molecule has 0 bridgehead atoms. The third kappa shape index (κ3) is 4.54. The van der Waals surface area contributed by atoms with E-state index in [-0.39, 0.29) is 17.7 Å². The lowest BCUT2D eigenvalue weighted by atomic mass is 9.85. The Morgan fingerprint density at radius 1 is 1.28 bits per heavy atom. The number of halogens is 1. The Kier molecular flexibility index (Phi) is 6.00. The van der Waals surface area contributed by atoms with Crippen molar-refractivity contribution in [2.24, 2.45) is 0 Å². The van der Waals surface area contributed by atoms with Gasteiger partial charge in [0.05, 0.1) is 18.2 Å². The van der Waals surface area contributed by atoms with Crippen molar-refractivity contribution in [1.82, 2.24) is 10.6 Å². The van der Waals surface area contributed by atoms with E-state index in [1.807, 2.05) is 24.3 Å². The number of carbonyl (C=O) groups excluding carboxylic acids is 1. The molecule has 0 amide bonds. The summed E-state index contributed by atoms with van der Waals surface area (Å²) in [6.45, 7) is 2.96. The summed E-state index contributed by atoms with van der Waals surface area (Å²) < 4.78 is 20.4. The van der Waals surface area contributed by atoms with Crippen molar-refractivity contribution in [1.29, 1.82) is 5.26 Å². The molecule has 5 nitrogen and oxygen atoms in total. The fraction of sp³-hybridized carbons (Fsp3) is 0.391. The number of hydrogen-bond donors (Lipinski definition) is 2. The Morgan fingerprint density at radius 2 is 2.10 bits per heavy atom. The minimum Gasteiger partial charge on any atom is -0.376 e. The average molecular weight is 393 g/mol. The number of ketones is 1. The van der Waals surface area contributed by atoms with Gasteiger partial charge in [-0.25, -0.2) is 4.39 Å². The zero-order chi connectivity index (χ0) is 20.2. The van der Waals surface area contributed by atoms with Gasteiger partial charge in [-0.3, -0.25) is 10.1 Å². The summed E-state index contributed by atoms with van der Waals surface area (Å²) in [5, 5.41) is 16.0. The molecule has 1 unspecified atom stereocenters. The van der Waals surface area contributed by atoms with Crippen molar-refractivity contribution in [3.63, 3.8) is 0 Å². The first-order valence-electron chi connectivity index (χ1n) is 10.0. The summed E-state index contributed by atoms with van der Waals surface area (Å²) in [6, 6.07) is 12.5. The van der Waals surface area contributed by atoms with E-state index in [9.17, 15) is 14.4 Å². The van der Waals surface area contributed by atoms with Crippen LogP contribution in [0.15, 0.2) is 36.4 Å². The second-order valence-electron chi connectivity index (χ2n) is 7.62. The van der Waals surface area contributed by atoms with Gasteiger partial charge in [-0.1, -0.05) is 24.3 Å². The van der Waals surface area contributed by atoms with E-state index in [2.05, 4.69) is 16.7 Å². The molecular weight excluding hydrogens is 369 g/mol. The summed E-state index contributed by atoms with van der Waals surface area (Å²) in [5.41, 5.74) is 3.96. The number of ether oxygens (including phenoxy) is 1. The molecule has 0 spiro atoms. The number of nitrogens with one attached hydrogen (secondary N) is 2. The van der Waals surface area contributed by atoms with Crippen molar-refractivity contribution in [2.45, 2.75) is 31.4 Å². The average Bonchev–Trinajstić information content (AvgIpc) is 3.00. The van der Waals surface area contributed by atoms with Crippen LogP contribution in [-0.2, 0) is 17.6 Å². The Hall–Kier alpha value is -2.59. The van der Waals surface area contributed by atoms with Gasteiger partial charge in [0.15, 0.2) is 5.78 Å². The molecule has 0 radical (unpaired) electrons. The Bertz CT molecular complexity index is 946. The van der Waals surface area contributed by atoms with Crippen LogP contribution < -0.4 is 10.6 Å². The molecule has 6 heteroatoms. The zero-order valence-corrected chi connectivity index (χ0v) is 16.2. The monoisotopic (exact) mass is 393 g/mol. The molecule has 2 atom stereocenters. The van der Waals surface area contributed by atoms with Crippen LogP contribution in [-0.4, -0.2) is 44.2 Å². The van der Waals surface area contributed by atoms with Gasteiger partial charge in [0.1, 0.15) is 5.82 Å². The van der Waals surface area contributed by atoms with Crippen molar-refractivity contribution in [3.05, 3.63) is 58.9 Å². The maximum atomic E-state index is 14.7. The molecule has 1 aliphatic carbocycles. The van der Waals surface area contributed by atoms with Gasteiger partial charge in [-0.2, -0.15) is 5.26 Å². The lowest BCUT2D eigenvalue weighted by molar-refractivity contribution is 0.0660. The van der Waals surface area contributed by atoms with E-state index in [0.717, 1.165) is 41.8 Å². The van der Waals surface area contributed by atoms with Gasteiger partial charge in [0.25, 0.3) is 0 Å². The fourth-order valence-corrected chi connectivity index (χ4v) is 3.80. The Morgan fingerprint density at radius 3 is 2.86 bits per heavy atom. The van der Waals surface area contributed by atoms with E-state index >= 15 is 0 Å². The first-order valence-corrected chi connectivity index (χ1v) is 10.0. The van der Waals surface area contributed by atoms with Crippen LogP contribution in [0.25, 0.3) is 11.1 Å². The fourth-order valence-electron chi connectivity index (χ4n) is 3.80. The highest BCUT2D eigenvalue weighted by Gasteiger charge is 2.23. The van der Waals surface area contributed by atoms with Crippen LogP contribution in [0, 0.1) is 17.1 Å². The number of carbonyl (C=O) groups is 1. The minimum atomic E-state index is -0.482. The van der Waals surface area contributed by atoms with Crippen molar-refractivity contribution >= 4 is 5.78 Å². The van der Waals surface area contributed by atoms with E-state index in [1.165, 1.54) is 6.07 Å². The standard InChI is InChI=1S/C23H24FN3O2/c24-22-10-16(15-4-5-21-18(8-15)11-23(21)28)2-3-17(22)9-19(12-25)27-14-20-13-26-6-1-7-29-20/h2-5,8,10,19-20,26-27H,1,6-7,9,11,13-14H2/t19-,20?/m0/s1. The second-order valence-corrected chi connectivity index (χ2v) is 7.62. The molecule has 29 heavy (non-hydrogen) atoms. The van der Waals surface area contributed by atoms with Gasteiger partial charge < -0.3 is 10.1 Å². The number of nitrogens with zero attached hydrogens (tertiary/aromatic N) is 1. The molecule has 150 valence electrons. The first kappa shape index (κ1) is 19.7. The van der Waals surface area contributed by atoms with Gasteiger partial charge in [-0.15, -0.1) is 0 Å². The first-order chi connectivity index (χ1) is 14.1.